The van der Waals surface area contributed by atoms with Gasteiger partial charge in [0.1, 0.15) is 5.82 Å². The molecular weight excluding hydrogens is 355 g/mol. The number of benzene rings is 2. The number of aromatic amines is 1. The van der Waals surface area contributed by atoms with Crippen LogP contribution in [-0.4, -0.2) is 21.2 Å². The van der Waals surface area contributed by atoms with Gasteiger partial charge in [-0.2, -0.15) is 0 Å². The van der Waals surface area contributed by atoms with E-state index in [-0.39, 0.29) is 11.4 Å². The largest absolute Gasteiger partial charge is 0.359 e. The number of H-pyrrole nitrogens is 1. The SMILES string of the molecule is CCNn1c(Nc2c[nH]c3ccc(F)cc23)nc2cc(C(C)(F)F)ccc21. The van der Waals surface area contributed by atoms with Crippen molar-refractivity contribution < 1.29 is 13.2 Å². The van der Waals surface area contributed by atoms with Gasteiger partial charge in [0, 0.05) is 36.1 Å². The second-order valence-corrected chi connectivity index (χ2v) is 6.39. The number of anilines is 2. The Hall–Kier alpha value is -3.16. The lowest BCUT2D eigenvalue weighted by Crippen LogP contribution is -2.16. The second kappa shape index (κ2) is 6.22. The molecule has 0 fully saturated rings. The predicted molar refractivity (Wildman–Crippen MR) is 101 cm³/mol. The van der Waals surface area contributed by atoms with Gasteiger partial charge < -0.3 is 15.7 Å². The zero-order valence-electron chi connectivity index (χ0n) is 14.8. The fourth-order valence-electron chi connectivity index (χ4n) is 3.07. The zero-order valence-corrected chi connectivity index (χ0v) is 14.8. The summed E-state index contributed by atoms with van der Waals surface area (Å²) < 4.78 is 42.6. The first-order chi connectivity index (χ1) is 12.9. The van der Waals surface area contributed by atoms with Crippen molar-refractivity contribution in [2.45, 2.75) is 19.8 Å². The fraction of sp³-hybridized carbons (Fsp3) is 0.211. The highest BCUT2D eigenvalue weighted by atomic mass is 19.3. The topological polar surface area (TPSA) is 57.7 Å². The first-order valence-corrected chi connectivity index (χ1v) is 8.55. The molecule has 8 heteroatoms. The van der Waals surface area contributed by atoms with Crippen LogP contribution in [0.2, 0.25) is 0 Å². The monoisotopic (exact) mass is 373 g/mol. The van der Waals surface area contributed by atoms with Gasteiger partial charge in [0.2, 0.25) is 5.95 Å². The molecule has 2 aromatic heterocycles. The van der Waals surface area contributed by atoms with Gasteiger partial charge in [0.05, 0.1) is 16.7 Å². The Bertz CT molecular complexity index is 1120. The Labute approximate surface area is 153 Å². The Morgan fingerprint density at radius 3 is 2.74 bits per heavy atom. The van der Waals surface area contributed by atoms with E-state index >= 15 is 0 Å². The molecule has 140 valence electrons. The normalized spacial score (nSPS) is 12.0. The van der Waals surface area contributed by atoms with E-state index in [9.17, 15) is 13.2 Å². The average molecular weight is 373 g/mol. The lowest BCUT2D eigenvalue weighted by Gasteiger charge is -2.12. The van der Waals surface area contributed by atoms with E-state index in [1.165, 1.54) is 24.3 Å². The number of hydrogen-bond donors (Lipinski definition) is 3. The van der Waals surface area contributed by atoms with Gasteiger partial charge in [-0.1, -0.05) is 6.07 Å². The van der Waals surface area contributed by atoms with E-state index in [2.05, 4.69) is 20.7 Å². The van der Waals surface area contributed by atoms with E-state index in [0.717, 1.165) is 12.4 Å². The van der Waals surface area contributed by atoms with Gasteiger partial charge in [-0.3, -0.25) is 0 Å². The van der Waals surface area contributed by atoms with Crippen LogP contribution in [0.1, 0.15) is 19.4 Å². The van der Waals surface area contributed by atoms with E-state index in [1.807, 2.05) is 6.92 Å². The van der Waals surface area contributed by atoms with Gasteiger partial charge in [0.15, 0.2) is 0 Å². The van der Waals surface area contributed by atoms with Crippen molar-refractivity contribution in [2.75, 3.05) is 17.3 Å². The molecule has 0 saturated carbocycles. The van der Waals surface area contributed by atoms with Crippen molar-refractivity contribution >= 4 is 33.6 Å². The Kier molecular flexibility index (Phi) is 3.98. The third kappa shape index (κ3) is 3.07. The summed E-state index contributed by atoms with van der Waals surface area (Å²) in [4.78, 5) is 7.52. The van der Waals surface area contributed by atoms with Crippen molar-refractivity contribution in [3.8, 4) is 0 Å². The van der Waals surface area contributed by atoms with Crippen molar-refractivity contribution in [1.82, 2.24) is 14.6 Å². The van der Waals surface area contributed by atoms with Crippen molar-refractivity contribution in [3.05, 3.63) is 54.0 Å². The van der Waals surface area contributed by atoms with Crippen LogP contribution in [0.5, 0.6) is 0 Å². The standard InChI is InChI=1S/C19H18F3N5/c1-3-24-27-17-7-4-11(19(2,21)22)8-15(17)25-18(27)26-16-10-23-14-6-5-12(20)9-13(14)16/h4-10,23-24H,3H2,1-2H3,(H,25,26). The van der Waals surface area contributed by atoms with E-state index in [4.69, 9.17) is 0 Å². The van der Waals surface area contributed by atoms with Crippen LogP contribution in [0.25, 0.3) is 21.9 Å². The summed E-state index contributed by atoms with van der Waals surface area (Å²) in [6.07, 6.45) is 1.71. The molecule has 0 radical (unpaired) electrons. The lowest BCUT2D eigenvalue weighted by atomic mass is 10.1. The zero-order chi connectivity index (χ0) is 19.2. The van der Waals surface area contributed by atoms with Crippen molar-refractivity contribution in [3.63, 3.8) is 0 Å². The van der Waals surface area contributed by atoms with Crippen LogP contribution < -0.4 is 10.7 Å². The molecule has 0 aliphatic heterocycles. The minimum atomic E-state index is -2.95. The molecule has 2 aromatic carbocycles. The Morgan fingerprint density at radius 2 is 2.00 bits per heavy atom. The third-order valence-electron chi connectivity index (χ3n) is 4.37. The summed E-state index contributed by atoms with van der Waals surface area (Å²) in [6, 6.07) is 8.83. The Morgan fingerprint density at radius 1 is 1.19 bits per heavy atom. The van der Waals surface area contributed by atoms with E-state index in [1.54, 1.807) is 23.0 Å². The van der Waals surface area contributed by atoms with Crippen molar-refractivity contribution in [2.24, 2.45) is 0 Å². The van der Waals surface area contributed by atoms with Gasteiger partial charge in [-0.15, -0.1) is 0 Å². The summed E-state index contributed by atoms with van der Waals surface area (Å²) >= 11 is 0. The van der Waals surface area contributed by atoms with Crippen LogP contribution in [0, 0.1) is 5.82 Å². The molecule has 0 aliphatic carbocycles. The summed E-state index contributed by atoms with van der Waals surface area (Å²) in [5, 5.41) is 3.83. The molecule has 3 N–H and O–H groups in total. The molecule has 0 bridgehead atoms. The number of nitrogens with one attached hydrogen (secondary N) is 3. The molecule has 2 heterocycles. The predicted octanol–water partition coefficient (Wildman–Crippen LogP) is 5.08. The molecule has 0 unspecified atom stereocenters. The van der Waals surface area contributed by atoms with Crippen LogP contribution >= 0.6 is 0 Å². The number of imidazole rings is 1. The maximum absolute atomic E-state index is 13.6. The highest BCUT2D eigenvalue weighted by molar-refractivity contribution is 5.94. The number of aromatic nitrogens is 3. The first kappa shape index (κ1) is 17.3. The van der Waals surface area contributed by atoms with Crippen LogP contribution in [-0.2, 0) is 5.92 Å². The molecule has 0 spiro atoms. The summed E-state index contributed by atoms with van der Waals surface area (Å²) in [6.45, 7) is 3.38. The molecule has 0 atom stereocenters. The number of halogens is 3. The Balaban J connectivity index is 1.82. The highest BCUT2D eigenvalue weighted by Gasteiger charge is 2.25. The summed E-state index contributed by atoms with van der Waals surface area (Å²) in [5.41, 5.74) is 5.56. The number of fused-ring (bicyclic) bond motifs is 2. The first-order valence-electron chi connectivity index (χ1n) is 8.55. The number of alkyl halides is 2. The maximum Gasteiger partial charge on any atom is 0.270 e. The van der Waals surface area contributed by atoms with Crippen LogP contribution in [0.3, 0.4) is 0 Å². The minimum Gasteiger partial charge on any atom is -0.359 e. The molecule has 4 aromatic rings. The number of nitrogens with zero attached hydrogens (tertiary/aromatic N) is 2. The van der Waals surface area contributed by atoms with Gasteiger partial charge >= 0.3 is 0 Å². The molecule has 4 rings (SSSR count). The molecule has 0 amide bonds. The molecule has 27 heavy (non-hydrogen) atoms. The van der Waals surface area contributed by atoms with Crippen molar-refractivity contribution in [1.29, 1.82) is 0 Å². The van der Waals surface area contributed by atoms with Gasteiger partial charge in [-0.05, 0) is 37.3 Å². The summed E-state index contributed by atoms with van der Waals surface area (Å²) in [7, 11) is 0. The maximum atomic E-state index is 13.6. The molecule has 5 nitrogen and oxygen atoms in total. The van der Waals surface area contributed by atoms with E-state index in [0.29, 0.717) is 34.6 Å². The van der Waals surface area contributed by atoms with Crippen LogP contribution in [0.4, 0.5) is 24.8 Å². The number of rotatable bonds is 5. The molecular formula is C19H18F3N5. The van der Waals surface area contributed by atoms with E-state index < -0.39 is 5.92 Å². The highest BCUT2D eigenvalue weighted by Crippen LogP contribution is 2.32. The van der Waals surface area contributed by atoms with Crippen LogP contribution in [0.15, 0.2) is 42.6 Å². The van der Waals surface area contributed by atoms with Gasteiger partial charge in [0.25, 0.3) is 5.92 Å². The third-order valence-corrected chi connectivity index (χ3v) is 4.37. The second-order valence-electron chi connectivity index (χ2n) is 6.39. The lowest BCUT2D eigenvalue weighted by molar-refractivity contribution is 0.0176. The minimum absolute atomic E-state index is 0.100. The summed E-state index contributed by atoms with van der Waals surface area (Å²) in [5.74, 6) is -2.87. The smallest absolute Gasteiger partial charge is 0.270 e. The van der Waals surface area contributed by atoms with Gasteiger partial charge in [-0.25, -0.2) is 22.8 Å². The fourth-order valence-corrected chi connectivity index (χ4v) is 3.07. The number of hydrogen-bond acceptors (Lipinski definition) is 3. The quantitative estimate of drug-likeness (QED) is 0.457. The molecule has 0 saturated heterocycles. The average Bonchev–Trinajstić information content (AvgIpc) is 3.16. The molecule has 0 aliphatic rings.